The van der Waals surface area contributed by atoms with Crippen LogP contribution in [0.4, 0.5) is 0 Å². The van der Waals surface area contributed by atoms with Crippen molar-refractivity contribution < 1.29 is 9.32 Å². The summed E-state index contributed by atoms with van der Waals surface area (Å²) in [4.78, 5) is 4.81. The van der Waals surface area contributed by atoms with Crippen molar-refractivity contribution in [3.8, 4) is 5.75 Å². The third-order valence-corrected chi connectivity index (χ3v) is 3.92. The summed E-state index contributed by atoms with van der Waals surface area (Å²) in [5.41, 5.74) is -0.0390. The van der Waals surface area contributed by atoms with Gasteiger partial charge in [0.2, 0.25) is 5.96 Å². The minimum Gasteiger partial charge on any atom is -0.508 e. The van der Waals surface area contributed by atoms with E-state index in [4.69, 9.17) is 0 Å². The number of aliphatic imine (C=N–C) groups is 1. The first-order chi connectivity index (χ1) is 9.91. The molecule has 7 heteroatoms. The molecule has 1 atom stereocenters. The van der Waals surface area contributed by atoms with Crippen molar-refractivity contribution in [2.24, 2.45) is 15.5 Å². The van der Waals surface area contributed by atoms with E-state index in [9.17, 15) is 9.32 Å². The topological polar surface area (TPSA) is 77.3 Å². The SMILES string of the molecule is CCN=C(NS(=O)c1cccc(O)c1)N1CC(C)(C)C=N1. The summed E-state index contributed by atoms with van der Waals surface area (Å²) in [6, 6.07) is 6.33. The zero-order valence-corrected chi connectivity index (χ0v) is 13.2. The van der Waals surface area contributed by atoms with Crippen LogP contribution in [0.15, 0.2) is 39.3 Å². The number of aromatic hydroxyl groups is 1. The molecule has 0 amide bonds. The predicted molar refractivity (Wildman–Crippen MR) is 84.6 cm³/mol. The number of guanidine groups is 1. The number of phenolic OH excluding ortho intramolecular Hbond substituents is 1. The van der Waals surface area contributed by atoms with Crippen molar-refractivity contribution in [3.05, 3.63) is 24.3 Å². The molecule has 1 heterocycles. The molecule has 1 aliphatic heterocycles. The molecule has 0 radical (unpaired) electrons. The fraction of sp³-hybridized carbons (Fsp3) is 0.429. The average molecular weight is 308 g/mol. The number of benzene rings is 1. The first-order valence-electron chi connectivity index (χ1n) is 6.76. The zero-order chi connectivity index (χ0) is 15.5. The van der Waals surface area contributed by atoms with E-state index in [1.54, 1.807) is 17.1 Å². The van der Waals surface area contributed by atoms with Crippen LogP contribution >= 0.6 is 0 Å². The second-order valence-corrected chi connectivity index (χ2v) is 6.67. The highest BCUT2D eigenvalue weighted by Gasteiger charge is 2.28. The van der Waals surface area contributed by atoms with Gasteiger partial charge in [-0.25, -0.2) is 9.22 Å². The summed E-state index contributed by atoms with van der Waals surface area (Å²) < 4.78 is 15.2. The molecule has 0 aliphatic carbocycles. The molecule has 1 unspecified atom stereocenters. The van der Waals surface area contributed by atoms with Crippen LogP contribution in [0.5, 0.6) is 5.75 Å². The largest absolute Gasteiger partial charge is 0.508 e. The van der Waals surface area contributed by atoms with Gasteiger partial charge in [-0.2, -0.15) is 5.10 Å². The van der Waals surface area contributed by atoms with E-state index in [0.29, 0.717) is 23.9 Å². The number of hydrogen-bond acceptors (Lipinski definition) is 4. The van der Waals surface area contributed by atoms with Crippen LogP contribution in [0.3, 0.4) is 0 Å². The van der Waals surface area contributed by atoms with E-state index < -0.39 is 11.0 Å². The second kappa shape index (κ2) is 6.26. The molecule has 0 spiro atoms. The number of hydrogen-bond donors (Lipinski definition) is 2. The summed E-state index contributed by atoms with van der Waals surface area (Å²) in [6.07, 6.45) is 1.86. The van der Waals surface area contributed by atoms with Gasteiger partial charge in [-0.1, -0.05) is 19.9 Å². The summed E-state index contributed by atoms with van der Waals surface area (Å²) in [7, 11) is -1.50. The van der Waals surface area contributed by atoms with Gasteiger partial charge in [0.25, 0.3) is 0 Å². The number of phenols is 1. The molecule has 2 rings (SSSR count). The molecular weight excluding hydrogens is 288 g/mol. The van der Waals surface area contributed by atoms with Crippen molar-refractivity contribution in [2.75, 3.05) is 13.1 Å². The lowest BCUT2D eigenvalue weighted by atomic mass is 9.97. The summed E-state index contributed by atoms with van der Waals surface area (Å²) >= 11 is 0. The van der Waals surface area contributed by atoms with Crippen molar-refractivity contribution in [1.29, 1.82) is 0 Å². The molecule has 21 heavy (non-hydrogen) atoms. The number of hydrazone groups is 1. The summed E-state index contributed by atoms with van der Waals surface area (Å²) in [5.74, 6) is 0.554. The van der Waals surface area contributed by atoms with Gasteiger partial charge < -0.3 is 5.11 Å². The Hall–Kier alpha value is -1.89. The summed E-state index contributed by atoms with van der Waals surface area (Å²) in [5, 5.41) is 15.5. The maximum atomic E-state index is 12.3. The van der Waals surface area contributed by atoms with Crippen LogP contribution in [0.2, 0.25) is 0 Å². The van der Waals surface area contributed by atoms with Gasteiger partial charge in [0.05, 0.1) is 11.4 Å². The third kappa shape index (κ3) is 4.04. The second-order valence-electron chi connectivity index (χ2n) is 5.46. The Balaban J connectivity index is 2.13. The minimum atomic E-state index is -1.50. The van der Waals surface area contributed by atoms with Crippen molar-refractivity contribution in [3.63, 3.8) is 0 Å². The van der Waals surface area contributed by atoms with Crippen LogP contribution in [0, 0.1) is 5.41 Å². The van der Waals surface area contributed by atoms with E-state index >= 15 is 0 Å². The fourth-order valence-electron chi connectivity index (χ4n) is 1.88. The third-order valence-electron chi connectivity index (χ3n) is 2.87. The molecular formula is C14H20N4O2S. The maximum absolute atomic E-state index is 12.3. The number of nitrogens with one attached hydrogen (secondary N) is 1. The highest BCUT2D eigenvalue weighted by atomic mass is 32.2. The lowest BCUT2D eigenvalue weighted by Gasteiger charge is -2.21. The van der Waals surface area contributed by atoms with Gasteiger partial charge in [0, 0.05) is 18.2 Å². The van der Waals surface area contributed by atoms with Crippen LogP contribution in [0.1, 0.15) is 20.8 Å². The normalized spacial score (nSPS) is 18.8. The fourth-order valence-corrected chi connectivity index (χ4v) is 2.76. The first kappa shape index (κ1) is 15.5. The van der Waals surface area contributed by atoms with E-state index in [2.05, 4.69) is 28.7 Å². The van der Waals surface area contributed by atoms with Crippen LogP contribution in [0.25, 0.3) is 0 Å². The molecule has 1 aliphatic rings. The Morgan fingerprint density at radius 1 is 1.57 bits per heavy atom. The molecule has 114 valence electrons. The number of nitrogens with zero attached hydrogens (tertiary/aromatic N) is 3. The van der Waals surface area contributed by atoms with Gasteiger partial charge in [0.15, 0.2) is 11.0 Å². The van der Waals surface area contributed by atoms with Crippen LogP contribution < -0.4 is 4.72 Å². The number of rotatable bonds is 3. The molecule has 6 nitrogen and oxygen atoms in total. The smallest absolute Gasteiger partial charge is 0.227 e. The van der Waals surface area contributed by atoms with E-state index in [1.165, 1.54) is 12.1 Å². The molecule has 0 saturated carbocycles. The lowest BCUT2D eigenvalue weighted by molar-refractivity contribution is 0.379. The Morgan fingerprint density at radius 2 is 2.33 bits per heavy atom. The van der Waals surface area contributed by atoms with Gasteiger partial charge in [-0.05, 0) is 25.1 Å². The quantitative estimate of drug-likeness (QED) is 0.659. The van der Waals surface area contributed by atoms with Crippen molar-refractivity contribution in [2.45, 2.75) is 25.7 Å². The van der Waals surface area contributed by atoms with Gasteiger partial charge in [-0.15, -0.1) is 0 Å². The average Bonchev–Trinajstić information content (AvgIpc) is 2.78. The molecule has 0 bridgehead atoms. The van der Waals surface area contributed by atoms with Crippen LogP contribution in [-0.4, -0.2) is 39.6 Å². The molecule has 0 fully saturated rings. The monoisotopic (exact) mass is 308 g/mol. The van der Waals surface area contributed by atoms with Gasteiger partial charge in [0.1, 0.15) is 5.75 Å². The highest BCUT2D eigenvalue weighted by molar-refractivity contribution is 7.83. The highest BCUT2D eigenvalue weighted by Crippen LogP contribution is 2.21. The Labute approximate surface area is 127 Å². The zero-order valence-electron chi connectivity index (χ0n) is 12.4. The van der Waals surface area contributed by atoms with Crippen LogP contribution in [-0.2, 0) is 11.0 Å². The van der Waals surface area contributed by atoms with Gasteiger partial charge >= 0.3 is 0 Å². The minimum absolute atomic E-state index is 0.0390. The van der Waals surface area contributed by atoms with Crippen molar-refractivity contribution >= 4 is 23.2 Å². The van der Waals surface area contributed by atoms with E-state index in [1.807, 2.05) is 13.1 Å². The molecule has 1 aromatic rings. The van der Waals surface area contributed by atoms with Crippen molar-refractivity contribution in [1.82, 2.24) is 9.73 Å². The van der Waals surface area contributed by atoms with E-state index in [-0.39, 0.29) is 11.2 Å². The molecule has 0 saturated heterocycles. The van der Waals surface area contributed by atoms with E-state index in [0.717, 1.165) is 0 Å². The standard InChI is InChI=1S/C14H20N4O2S/c1-4-15-13(18-10-14(2,3)9-16-18)17-21(20)12-7-5-6-11(19)8-12/h5-9,19H,4,10H2,1-3H3,(H,15,17). The maximum Gasteiger partial charge on any atom is 0.227 e. The Kier molecular flexibility index (Phi) is 4.62. The Bertz CT molecular complexity index is 598. The molecule has 2 N–H and O–H groups in total. The molecule has 0 aromatic heterocycles. The summed E-state index contributed by atoms with van der Waals surface area (Å²) in [6.45, 7) is 7.30. The molecule has 1 aromatic carbocycles. The predicted octanol–water partition coefficient (Wildman–Crippen LogP) is 1.71. The lowest BCUT2D eigenvalue weighted by Crippen LogP contribution is -2.40. The first-order valence-corrected chi connectivity index (χ1v) is 7.91. The Morgan fingerprint density at radius 3 is 2.90 bits per heavy atom. The van der Waals surface area contributed by atoms with Gasteiger partial charge in [-0.3, -0.25) is 9.71 Å².